The summed E-state index contributed by atoms with van der Waals surface area (Å²) in [5.41, 5.74) is 2.42. The zero-order valence-electron chi connectivity index (χ0n) is 10.6. The fraction of sp³-hybridized carbons (Fsp3) is 0.154. The normalized spacial score (nSPS) is 10.4. The summed E-state index contributed by atoms with van der Waals surface area (Å²) in [6.07, 6.45) is 0. The molecule has 0 spiro atoms. The minimum absolute atomic E-state index is 0.139. The Morgan fingerprint density at radius 1 is 1.40 bits per heavy atom. The lowest BCUT2D eigenvalue weighted by molar-refractivity contribution is 0.0952. The van der Waals surface area contributed by atoms with Gasteiger partial charge in [-0.3, -0.25) is 10.2 Å². The van der Waals surface area contributed by atoms with E-state index in [-0.39, 0.29) is 6.61 Å². The van der Waals surface area contributed by atoms with Crippen LogP contribution in [0.4, 0.5) is 0 Å². The molecule has 0 aliphatic carbocycles. The second-order valence-electron chi connectivity index (χ2n) is 4.02. The second kappa shape index (κ2) is 6.17. The van der Waals surface area contributed by atoms with Gasteiger partial charge in [-0.05, 0) is 31.2 Å². The highest BCUT2D eigenvalue weighted by atomic mass is 35.5. The number of nitrogens with two attached hydrogens (primary N) is 1. The number of carbonyl (C=O) groups excluding carboxylic acids is 1. The Balaban J connectivity index is 2.09. The van der Waals surface area contributed by atoms with Gasteiger partial charge in [0.1, 0.15) is 23.9 Å². The molecule has 0 radical (unpaired) electrons. The van der Waals surface area contributed by atoms with Crippen LogP contribution in [0.15, 0.2) is 28.7 Å². The molecule has 0 aliphatic heterocycles. The maximum absolute atomic E-state index is 11.4. The minimum Gasteiger partial charge on any atom is -0.484 e. The third kappa shape index (κ3) is 3.25. The van der Waals surface area contributed by atoms with Gasteiger partial charge in [0.25, 0.3) is 5.91 Å². The van der Waals surface area contributed by atoms with Crippen LogP contribution >= 0.6 is 23.2 Å². The number of nitrogen functional groups attached to an aromatic ring is 1. The number of carbonyl (C=O) groups is 1. The zero-order valence-corrected chi connectivity index (χ0v) is 12.1. The molecule has 2 aromatic rings. The van der Waals surface area contributed by atoms with Crippen molar-refractivity contribution >= 4 is 29.1 Å². The summed E-state index contributed by atoms with van der Waals surface area (Å²) in [5.74, 6) is 6.10. The Kier molecular flexibility index (Phi) is 4.54. The maximum atomic E-state index is 11.4. The van der Waals surface area contributed by atoms with E-state index in [1.165, 1.54) is 0 Å². The number of nitrogens with one attached hydrogen (secondary N) is 1. The number of amides is 1. The lowest BCUT2D eigenvalue weighted by Crippen LogP contribution is -2.30. The van der Waals surface area contributed by atoms with Gasteiger partial charge in [0.2, 0.25) is 0 Å². The molecular formula is C13H12Cl2N2O3. The lowest BCUT2D eigenvalue weighted by atomic mass is 10.2. The summed E-state index contributed by atoms with van der Waals surface area (Å²) in [6.45, 7) is 1.81. The molecular weight excluding hydrogens is 303 g/mol. The van der Waals surface area contributed by atoms with Crippen LogP contribution in [0.1, 0.15) is 21.9 Å². The van der Waals surface area contributed by atoms with Crippen LogP contribution in [0.25, 0.3) is 0 Å². The smallest absolute Gasteiger partial charge is 0.268 e. The minimum atomic E-state index is -0.415. The van der Waals surface area contributed by atoms with E-state index in [0.717, 1.165) is 0 Å². The Bertz CT molecular complexity index is 641. The molecule has 20 heavy (non-hydrogen) atoms. The monoisotopic (exact) mass is 314 g/mol. The van der Waals surface area contributed by atoms with Gasteiger partial charge in [-0.15, -0.1) is 0 Å². The van der Waals surface area contributed by atoms with E-state index in [4.69, 9.17) is 38.2 Å². The molecule has 3 N–H and O–H groups in total. The van der Waals surface area contributed by atoms with Crippen LogP contribution in [-0.2, 0) is 6.61 Å². The first kappa shape index (κ1) is 14.7. The van der Waals surface area contributed by atoms with Gasteiger partial charge in [0, 0.05) is 5.02 Å². The summed E-state index contributed by atoms with van der Waals surface area (Å²) in [5, 5.41) is 0.929. The van der Waals surface area contributed by atoms with Crippen molar-refractivity contribution in [3.05, 3.63) is 51.4 Å². The maximum Gasteiger partial charge on any atom is 0.268 e. The quantitative estimate of drug-likeness (QED) is 0.516. The van der Waals surface area contributed by atoms with Gasteiger partial charge in [0.05, 0.1) is 10.6 Å². The molecule has 7 heteroatoms. The van der Waals surface area contributed by atoms with Crippen molar-refractivity contribution in [1.82, 2.24) is 5.43 Å². The molecule has 1 aromatic heterocycles. The summed E-state index contributed by atoms with van der Waals surface area (Å²) in [4.78, 5) is 11.4. The van der Waals surface area contributed by atoms with Crippen molar-refractivity contribution in [1.29, 1.82) is 0 Å². The highest BCUT2D eigenvalue weighted by Crippen LogP contribution is 2.28. The Morgan fingerprint density at radius 3 is 2.80 bits per heavy atom. The molecule has 0 aliphatic rings. The van der Waals surface area contributed by atoms with Gasteiger partial charge in [0.15, 0.2) is 0 Å². The van der Waals surface area contributed by atoms with E-state index in [2.05, 4.69) is 0 Å². The number of halogens is 2. The van der Waals surface area contributed by atoms with Crippen molar-refractivity contribution in [2.45, 2.75) is 13.5 Å². The first-order valence-electron chi connectivity index (χ1n) is 5.69. The fourth-order valence-corrected chi connectivity index (χ4v) is 2.12. The van der Waals surface area contributed by atoms with E-state index in [1.807, 2.05) is 5.43 Å². The Labute approximate surface area is 125 Å². The van der Waals surface area contributed by atoms with Crippen molar-refractivity contribution in [2.24, 2.45) is 5.84 Å². The number of hydrogen-bond acceptors (Lipinski definition) is 4. The molecule has 5 nitrogen and oxygen atoms in total. The SMILES string of the molecule is Cc1oc(COc2ccc(Cl)cc2Cl)cc1C(=O)NN. The number of furan rings is 1. The second-order valence-corrected chi connectivity index (χ2v) is 4.86. The number of ether oxygens (including phenoxy) is 1. The molecule has 0 atom stereocenters. The molecule has 0 saturated carbocycles. The van der Waals surface area contributed by atoms with Crippen molar-refractivity contribution in [3.8, 4) is 5.75 Å². The van der Waals surface area contributed by atoms with Gasteiger partial charge < -0.3 is 9.15 Å². The summed E-state index contributed by atoms with van der Waals surface area (Å²) in [6, 6.07) is 6.48. The molecule has 0 fully saturated rings. The summed E-state index contributed by atoms with van der Waals surface area (Å²) < 4.78 is 10.9. The highest BCUT2D eigenvalue weighted by molar-refractivity contribution is 6.35. The third-order valence-electron chi connectivity index (χ3n) is 2.61. The van der Waals surface area contributed by atoms with Crippen molar-refractivity contribution in [2.75, 3.05) is 0 Å². The average Bonchev–Trinajstić information content (AvgIpc) is 2.78. The number of benzene rings is 1. The molecule has 1 amide bonds. The van der Waals surface area contributed by atoms with Crippen LogP contribution in [0, 0.1) is 6.92 Å². The zero-order chi connectivity index (χ0) is 14.7. The van der Waals surface area contributed by atoms with E-state index in [1.54, 1.807) is 31.2 Å². The highest BCUT2D eigenvalue weighted by Gasteiger charge is 2.14. The van der Waals surface area contributed by atoms with E-state index in [0.29, 0.717) is 32.9 Å². The van der Waals surface area contributed by atoms with E-state index < -0.39 is 5.91 Å². The molecule has 1 heterocycles. The molecule has 1 aromatic carbocycles. The predicted octanol–water partition coefficient (Wildman–Crippen LogP) is 3.08. The number of hydrogen-bond donors (Lipinski definition) is 2. The Morgan fingerprint density at radius 2 is 2.15 bits per heavy atom. The van der Waals surface area contributed by atoms with Crippen LogP contribution < -0.4 is 16.0 Å². The van der Waals surface area contributed by atoms with E-state index in [9.17, 15) is 4.79 Å². The first-order valence-corrected chi connectivity index (χ1v) is 6.45. The molecule has 106 valence electrons. The Hall–Kier alpha value is -1.69. The van der Waals surface area contributed by atoms with Crippen molar-refractivity contribution < 1.29 is 13.9 Å². The van der Waals surface area contributed by atoms with Gasteiger partial charge in [-0.25, -0.2) is 5.84 Å². The predicted molar refractivity (Wildman–Crippen MR) is 75.9 cm³/mol. The largest absolute Gasteiger partial charge is 0.484 e. The molecule has 0 bridgehead atoms. The van der Waals surface area contributed by atoms with Crippen LogP contribution in [0.3, 0.4) is 0 Å². The molecule has 0 unspecified atom stereocenters. The first-order chi connectivity index (χ1) is 9.51. The fourth-order valence-electron chi connectivity index (χ4n) is 1.66. The standard InChI is InChI=1S/C13H12Cl2N2O3/c1-7-10(13(18)17-16)5-9(20-7)6-19-12-3-2-8(14)4-11(12)15/h2-5H,6,16H2,1H3,(H,17,18). The number of aryl methyl sites for hydroxylation is 1. The van der Waals surface area contributed by atoms with Gasteiger partial charge in [-0.1, -0.05) is 23.2 Å². The molecule has 2 rings (SSSR count). The van der Waals surface area contributed by atoms with Gasteiger partial charge >= 0.3 is 0 Å². The van der Waals surface area contributed by atoms with Crippen LogP contribution in [-0.4, -0.2) is 5.91 Å². The summed E-state index contributed by atoms with van der Waals surface area (Å²) in [7, 11) is 0. The topological polar surface area (TPSA) is 77.5 Å². The van der Waals surface area contributed by atoms with Crippen LogP contribution in [0.5, 0.6) is 5.75 Å². The van der Waals surface area contributed by atoms with Gasteiger partial charge in [-0.2, -0.15) is 0 Å². The third-order valence-corrected chi connectivity index (χ3v) is 3.14. The van der Waals surface area contributed by atoms with Crippen LogP contribution in [0.2, 0.25) is 10.0 Å². The summed E-state index contributed by atoms with van der Waals surface area (Å²) >= 11 is 11.8. The van der Waals surface area contributed by atoms with Crippen molar-refractivity contribution in [3.63, 3.8) is 0 Å². The number of rotatable bonds is 4. The average molecular weight is 315 g/mol. The van der Waals surface area contributed by atoms with E-state index >= 15 is 0 Å². The number of hydrazine groups is 1. The molecule has 0 saturated heterocycles. The lowest BCUT2D eigenvalue weighted by Gasteiger charge is -2.06.